The first-order valence-corrected chi connectivity index (χ1v) is 4.83. The fourth-order valence-electron chi connectivity index (χ4n) is 1.49. The summed E-state index contributed by atoms with van der Waals surface area (Å²) in [7, 11) is 0. The van der Waals surface area contributed by atoms with Gasteiger partial charge >= 0.3 is 5.97 Å². The van der Waals surface area contributed by atoms with Crippen LogP contribution in [0.15, 0.2) is 18.2 Å². The molecular weight excluding hydrogens is 218 g/mol. The van der Waals surface area contributed by atoms with E-state index in [0.717, 1.165) is 12.1 Å². The molecule has 0 heterocycles. The van der Waals surface area contributed by atoms with Crippen molar-refractivity contribution in [1.82, 2.24) is 0 Å². The van der Waals surface area contributed by atoms with Crippen molar-refractivity contribution in [3.8, 4) is 0 Å². The summed E-state index contributed by atoms with van der Waals surface area (Å²) in [5.74, 6) is -4.01. The number of hydrogen-bond donors (Lipinski definition) is 2. The Kier molecular flexibility index (Phi) is 3.95. The number of carboxylic acids is 1. The van der Waals surface area contributed by atoms with Gasteiger partial charge in [-0.15, -0.1) is 0 Å². The molecule has 3 nitrogen and oxygen atoms in total. The summed E-state index contributed by atoms with van der Waals surface area (Å²) < 4.78 is 25.9. The van der Waals surface area contributed by atoms with Crippen molar-refractivity contribution in [2.24, 2.45) is 5.92 Å². The predicted octanol–water partition coefficient (Wildman–Crippen LogP) is 2.11. The van der Waals surface area contributed by atoms with Crippen LogP contribution in [-0.2, 0) is 4.79 Å². The van der Waals surface area contributed by atoms with Gasteiger partial charge in [0, 0.05) is 11.6 Å². The Balaban J connectivity index is 3.03. The van der Waals surface area contributed by atoms with Gasteiger partial charge in [-0.1, -0.05) is 13.0 Å². The van der Waals surface area contributed by atoms with Crippen LogP contribution >= 0.6 is 0 Å². The first-order chi connectivity index (χ1) is 7.47. The third-order valence-electron chi connectivity index (χ3n) is 2.42. The predicted molar refractivity (Wildman–Crippen MR) is 52.7 cm³/mol. The van der Waals surface area contributed by atoms with Gasteiger partial charge in [0.2, 0.25) is 0 Å². The molecule has 16 heavy (non-hydrogen) atoms. The molecule has 0 aliphatic rings. The van der Waals surface area contributed by atoms with Crippen molar-refractivity contribution in [1.29, 1.82) is 0 Å². The highest BCUT2D eigenvalue weighted by Crippen LogP contribution is 2.27. The second kappa shape index (κ2) is 5.03. The number of hydrogen-bond acceptors (Lipinski definition) is 2. The van der Waals surface area contributed by atoms with Crippen molar-refractivity contribution in [3.05, 3.63) is 35.4 Å². The lowest BCUT2D eigenvalue weighted by molar-refractivity contribution is -0.146. The fraction of sp³-hybridized carbons (Fsp3) is 0.364. The van der Waals surface area contributed by atoms with Gasteiger partial charge in [0.05, 0.1) is 12.0 Å². The minimum Gasteiger partial charge on any atom is -0.481 e. The Labute approximate surface area is 91.3 Å². The molecule has 1 aromatic rings. The van der Waals surface area contributed by atoms with E-state index < -0.39 is 29.6 Å². The molecule has 2 unspecified atom stereocenters. The maximum Gasteiger partial charge on any atom is 0.309 e. The molecule has 88 valence electrons. The van der Waals surface area contributed by atoms with Crippen molar-refractivity contribution in [2.75, 3.05) is 0 Å². The maximum atomic E-state index is 13.3. The Bertz CT molecular complexity index is 393. The normalized spacial score (nSPS) is 14.5. The lowest BCUT2D eigenvalue weighted by atomic mass is 9.93. The average Bonchev–Trinajstić information content (AvgIpc) is 2.17. The van der Waals surface area contributed by atoms with Crippen LogP contribution < -0.4 is 0 Å². The van der Waals surface area contributed by atoms with Crippen molar-refractivity contribution in [2.45, 2.75) is 19.4 Å². The van der Waals surface area contributed by atoms with E-state index in [4.69, 9.17) is 5.11 Å². The first kappa shape index (κ1) is 12.6. The summed E-state index contributed by atoms with van der Waals surface area (Å²) in [4.78, 5) is 10.8. The summed E-state index contributed by atoms with van der Waals surface area (Å²) in [6, 6.07) is 2.66. The minimum absolute atomic E-state index is 0.160. The highest BCUT2D eigenvalue weighted by molar-refractivity contribution is 5.71. The number of aliphatic carboxylic acids is 1. The van der Waals surface area contributed by atoms with E-state index in [0.29, 0.717) is 6.07 Å². The molecule has 0 radical (unpaired) electrons. The molecule has 2 atom stereocenters. The van der Waals surface area contributed by atoms with E-state index in [1.807, 2.05) is 0 Å². The zero-order chi connectivity index (χ0) is 12.3. The second-order valence-electron chi connectivity index (χ2n) is 3.46. The van der Waals surface area contributed by atoms with Crippen molar-refractivity contribution in [3.63, 3.8) is 0 Å². The standard InChI is InChI=1S/C11H12F2O3/c1-2-7(11(15)16)10(14)8-4-3-6(12)5-9(8)13/h3-5,7,10,14H,2H2,1H3,(H,15,16). The largest absolute Gasteiger partial charge is 0.481 e. The summed E-state index contributed by atoms with van der Waals surface area (Å²) in [5.41, 5.74) is -0.198. The Morgan fingerprint density at radius 3 is 2.50 bits per heavy atom. The number of aliphatic hydroxyl groups is 1. The smallest absolute Gasteiger partial charge is 0.309 e. The molecule has 0 saturated carbocycles. The van der Waals surface area contributed by atoms with Gasteiger partial charge < -0.3 is 10.2 Å². The molecular formula is C11H12F2O3. The van der Waals surface area contributed by atoms with Crippen LogP contribution in [0.4, 0.5) is 8.78 Å². The second-order valence-corrected chi connectivity index (χ2v) is 3.46. The Hall–Kier alpha value is -1.49. The first-order valence-electron chi connectivity index (χ1n) is 4.83. The molecule has 5 heteroatoms. The molecule has 0 spiro atoms. The number of carboxylic acid groups (broad SMARTS) is 1. The van der Waals surface area contributed by atoms with E-state index in [-0.39, 0.29) is 12.0 Å². The summed E-state index contributed by atoms with van der Waals surface area (Å²) in [6.07, 6.45) is -1.31. The molecule has 0 saturated heterocycles. The number of benzene rings is 1. The lowest BCUT2D eigenvalue weighted by Gasteiger charge is -2.18. The van der Waals surface area contributed by atoms with Crippen LogP contribution in [0.3, 0.4) is 0 Å². The number of rotatable bonds is 4. The zero-order valence-electron chi connectivity index (χ0n) is 8.65. The molecule has 0 bridgehead atoms. The molecule has 1 aromatic carbocycles. The van der Waals surface area contributed by atoms with E-state index in [1.165, 1.54) is 0 Å². The van der Waals surface area contributed by atoms with Crippen LogP contribution in [0.5, 0.6) is 0 Å². The van der Waals surface area contributed by atoms with Crippen molar-refractivity contribution >= 4 is 5.97 Å². The van der Waals surface area contributed by atoms with E-state index in [1.54, 1.807) is 6.92 Å². The molecule has 0 aromatic heterocycles. The summed E-state index contributed by atoms with van der Waals surface area (Å²) in [6.45, 7) is 1.57. The van der Waals surface area contributed by atoms with E-state index >= 15 is 0 Å². The van der Waals surface area contributed by atoms with Gasteiger partial charge in [0.15, 0.2) is 0 Å². The average molecular weight is 230 g/mol. The molecule has 0 aliphatic heterocycles. The third kappa shape index (κ3) is 2.55. The van der Waals surface area contributed by atoms with Gasteiger partial charge in [0.1, 0.15) is 11.6 Å². The highest BCUT2D eigenvalue weighted by atomic mass is 19.1. The number of aliphatic hydroxyl groups excluding tert-OH is 1. The minimum atomic E-state index is -1.47. The molecule has 0 fully saturated rings. The van der Waals surface area contributed by atoms with E-state index in [9.17, 15) is 18.7 Å². The molecule has 1 rings (SSSR count). The molecule has 0 aliphatic carbocycles. The fourth-order valence-corrected chi connectivity index (χ4v) is 1.49. The third-order valence-corrected chi connectivity index (χ3v) is 2.42. The molecule has 2 N–H and O–H groups in total. The van der Waals surface area contributed by atoms with Crippen LogP contribution in [-0.4, -0.2) is 16.2 Å². The quantitative estimate of drug-likeness (QED) is 0.832. The van der Waals surface area contributed by atoms with Gasteiger partial charge in [-0.3, -0.25) is 4.79 Å². The van der Waals surface area contributed by atoms with Crippen molar-refractivity contribution < 1.29 is 23.8 Å². The van der Waals surface area contributed by atoms with Crippen LogP contribution in [0.25, 0.3) is 0 Å². The monoisotopic (exact) mass is 230 g/mol. The molecule has 0 amide bonds. The summed E-state index contributed by atoms with van der Waals surface area (Å²) in [5, 5.41) is 18.5. The Morgan fingerprint density at radius 1 is 1.44 bits per heavy atom. The zero-order valence-corrected chi connectivity index (χ0v) is 8.65. The van der Waals surface area contributed by atoms with Gasteiger partial charge in [0.25, 0.3) is 0 Å². The SMILES string of the molecule is CCC(C(=O)O)C(O)c1ccc(F)cc1F. The van der Waals surface area contributed by atoms with E-state index in [2.05, 4.69) is 0 Å². The van der Waals surface area contributed by atoms with Crippen LogP contribution in [0.2, 0.25) is 0 Å². The maximum absolute atomic E-state index is 13.3. The van der Waals surface area contributed by atoms with Crippen LogP contribution in [0, 0.1) is 17.6 Å². The lowest BCUT2D eigenvalue weighted by Crippen LogP contribution is -2.22. The Morgan fingerprint density at radius 2 is 2.06 bits per heavy atom. The topological polar surface area (TPSA) is 57.5 Å². The summed E-state index contributed by atoms with van der Waals surface area (Å²) >= 11 is 0. The van der Waals surface area contributed by atoms with Crippen LogP contribution in [0.1, 0.15) is 25.0 Å². The van der Waals surface area contributed by atoms with Gasteiger partial charge in [-0.25, -0.2) is 8.78 Å². The number of halogens is 2. The number of carbonyl (C=O) groups is 1. The van der Waals surface area contributed by atoms with Gasteiger partial charge in [-0.2, -0.15) is 0 Å². The van der Waals surface area contributed by atoms with Gasteiger partial charge in [-0.05, 0) is 12.5 Å². The highest BCUT2D eigenvalue weighted by Gasteiger charge is 2.28.